The number of rotatable bonds is 3. The molecule has 0 amide bonds. The summed E-state index contributed by atoms with van der Waals surface area (Å²) in [5.74, 6) is -0.119. The summed E-state index contributed by atoms with van der Waals surface area (Å²) in [6, 6.07) is 13.8. The lowest BCUT2D eigenvalue weighted by atomic mass is 10.0. The number of hydrogen-bond donors (Lipinski definition) is 2. The van der Waals surface area contributed by atoms with Crippen LogP contribution in [0.15, 0.2) is 63.8 Å². The molecule has 6 heteroatoms. The van der Waals surface area contributed by atoms with E-state index in [4.69, 9.17) is 5.73 Å². The Kier molecular flexibility index (Phi) is 3.65. The quantitative estimate of drug-likeness (QED) is 0.854. The minimum Gasteiger partial charge on any atom is -0.380 e. The molecule has 0 atom stereocenters. The zero-order valence-corrected chi connectivity index (χ0v) is 11.9. The molecule has 0 bridgehead atoms. The van der Waals surface area contributed by atoms with Gasteiger partial charge in [-0.05, 0) is 31.2 Å². The number of nitrogens with zero attached hydrogens (tertiary/aromatic N) is 3. The van der Waals surface area contributed by atoms with Crippen LogP contribution < -0.4 is 11.2 Å². The van der Waals surface area contributed by atoms with E-state index in [1.807, 2.05) is 31.2 Å². The lowest BCUT2D eigenvalue weighted by Gasteiger charge is -2.06. The van der Waals surface area contributed by atoms with E-state index < -0.39 is 0 Å². The highest BCUT2D eigenvalue weighted by Crippen LogP contribution is 2.13. The Balaban J connectivity index is 1.89. The predicted octanol–water partition coefficient (Wildman–Crippen LogP) is 2.68. The van der Waals surface area contributed by atoms with Crippen molar-refractivity contribution in [3.05, 3.63) is 65.5 Å². The lowest BCUT2D eigenvalue weighted by molar-refractivity contribution is 0.628. The smallest absolute Gasteiger partial charge is 0.176 e. The minimum absolute atomic E-state index is 0.223. The van der Waals surface area contributed by atoms with E-state index in [0.717, 1.165) is 11.1 Å². The SMILES string of the molecule is Cc1cccc(C2=NN=C(N)/C2=N/Nc2cccc(F)c2)c1. The molecule has 3 rings (SSSR count). The number of benzene rings is 2. The number of anilines is 1. The van der Waals surface area contributed by atoms with Crippen LogP contribution in [0, 0.1) is 12.7 Å². The molecular weight excluding hydrogens is 281 g/mol. The minimum atomic E-state index is -0.342. The first-order valence-electron chi connectivity index (χ1n) is 6.71. The molecule has 2 aromatic rings. The first-order valence-corrected chi connectivity index (χ1v) is 6.71. The zero-order chi connectivity index (χ0) is 15.5. The maximum atomic E-state index is 13.2. The van der Waals surface area contributed by atoms with Crippen molar-refractivity contribution in [3.8, 4) is 0 Å². The highest BCUT2D eigenvalue weighted by Gasteiger charge is 2.21. The number of hydrazone groups is 1. The van der Waals surface area contributed by atoms with Crippen LogP contribution in [0.5, 0.6) is 0 Å². The molecule has 1 aliphatic rings. The van der Waals surface area contributed by atoms with Gasteiger partial charge in [-0.25, -0.2) is 4.39 Å². The molecule has 2 aromatic carbocycles. The summed E-state index contributed by atoms with van der Waals surface area (Å²) in [6.07, 6.45) is 0. The third-order valence-corrected chi connectivity index (χ3v) is 3.14. The summed E-state index contributed by atoms with van der Waals surface area (Å²) in [5, 5.41) is 12.2. The van der Waals surface area contributed by atoms with E-state index in [1.54, 1.807) is 12.1 Å². The molecule has 0 saturated heterocycles. The van der Waals surface area contributed by atoms with Crippen molar-refractivity contribution in [2.45, 2.75) is 6.92 Å². The molecular formula is C16H14FN5. The lowest BCUT2D eigenvalue weighted by Crippen LogP contribution is -2.28. The molecule has 22 heavy (non-hydrogen) atoms. The fourth-order valence-electron chi connectivity index (χ4n) is 2.10. The van der Waals surface area contributed by atoms with E-state index in [2.05, 4.69) is 20.7 Å². The first-order chi connectivity index (χ1) is 10.6. The van der Waals surface area contributed by atoms with Crippen molar-refractivity contribution < 1.29 is 4.39 Å². The van der Waals surface area contributed by atoms with Crippen molar-refractivity contribution in [1.29, 1.82) is 0 Å². The van der Waals surface area contributed by atoms with Crippen molar-refractivity contribution in [1.82, 2.24) is 0 Å². The average molecular weight is 295 g/mol. The largest absolute Gasteiger partial charge is 0.380 e. The van der Waals surface area contributed by atoms with Gasteiger partial charge in [0.25, 0.3) is 0 Å². The second-order valence-electron chi connectivity index (χ2n) is 4.89. The molecule has 0 fully saturated rings. The van der Waals surface area contributed by atoms with Crippen LogP contribution >= 0.6 is 0 Å². The molecule has 0 radical (unpaired) electrons. The van der Waals surface area contributed by atoms with E-state index in [1.165, 1.54) is 12.1 Å². The predicted molar refractivity (Wildman–Crippen MR) is 86.8 cm³/mol. The molecule has 5 nitrogen and oxygen atoms in total. The molecule has 0 spiro atoms. The van der Waals surface area contributed by atoms with Crippen LogP contribution in [0.3, 0.4) is 0 Å². The van der Waals surface area contributed by atoms with Gasteiger partial charge in [-0.15, -0.1) is 10.2 Å². The van der Waals surface area contributed by atoms with Gasteiger partial charge in [0.15, 0.2) is 11.5 Å². The summed E-state index contributed by atoms with van der Waals surface area (Å²) < 4.78 is 13.2. The van der Waals surface area contributed by atoms with E-state index in [0.29, 0.717) is 17.1 Å². The molecule has 110 valence electrons. The second-order valence-corrected chi connectivity index (χ2v) is 4.89. The fraction of sp³-hybridized carbons (Fsp3) is 0.0625. The Bertz CT molecular complexity index is 808. The Labute approximate surface area is 127 Å². The van der Waals surface area contributed by atoms with Crippen LogP contribution in [0.4, 0.5) is 10.1 Å². The summed E-state index contributed by atoms with van der Waals surface area (Å²) in [6.45, 7) is 1.99. The van der Waals surface area contributed by atoms with Gasteiger partial charge in [0, 0.05) is 5.56 Å². The maximum Gasteiger partial charge on any atom is 0.176 e. The topological polar surface area (TPSA) is 75.1 Å². The third kappa shape index (κ3) is 2.85. The number of nitrogens with two attached hydrogens (primary N) is 1. The Morgan fingerprint density at radius 3 is 2.68 bits per heavy atom. The molecule has 1 heterocycles. The van der Waals surface area contributed by atoms with Crippen LogP contribution in [0.2, 0.25) is 0 Å². The van der Waals surface area contributed by atoms with Gasteiger partial charge < -0.3 is 5.73 Å². The van der Waals surface area contributed by atoms with Gasteiger partial charge in [0.1, 0.15) is 11.5 Å². The number of amidine groups is 1. The summed E-state index contributed by atoms with van der Waals surface area (Å²) in [4.78, 5) is 0. The van der Waals surface area contributed by atoms with Crippen molar-refractivity contribution in [2.24, 2.45) is 21.0 Å². The van der Waals surface area contributed by atoms with Gasteiger partial charge in [0.2, 0.25) is 0 Å². The second kappa shape index (κ2) is 5.77. The summed E-state index contributed by atoms with van der Waals surface area (Å²) in [5.41, 5.74) is 12.1. The van der Waals surface area contributed by atoms with Crippen LogP contribution in [0.1, 0.15) is 11.1 Å². The number of halogens is 1. The number of hydrogen-bond acceptors (Lipinski definition) is 5. The van der Waals surface area contributed by atoms with E-state index >= 15 is 0 Å². The standard InChI is InChI=1S/C16H14FN5/c1-10-4-2-5-11(8-10)14-15(16(18)22-20-14)21-19-13-7-3-6-12(17)9-13/h2-9,19H,1H3,(H2,18,21,22). The van der Waals surface area contributed by atoms with Crippen molar-refractivity contribution in [3.63, 3.8) is 0 Å². The van der Waals surface area contributed by atoms with Gasteiger partial charge in [-0.2, -0.15) is 5.10 Å². The van der Waals surface area contributed by atoms with Crippen LogP contribution in [0.25, 0.3) is 0 Å². The van der Waals surface area contributed by atoms with Gasteiger partial charge >= 0.3 is 0 Å². The van der Waals surface area contributed by atoms with Crippen molar-refractivity contribution in [2.75, 3.05) is 5.43 Å². The highest BCUT2D eigenvalue weighted by molar-refractivity contribution is 6.72. The summed E-state index contributed by atoms with van der Waals surface area (Å²) in [7, 11) is 0. The van der Waals surface area contributed by atoms with Crippen LogP contribution in [-0.2, 0) is 0 Å². The van der Waals surface area contributed by atoms with Gasteiger partial charge in [0.05, 0.1) is 5.69 Å². The van der Waals surface area contributed by atoms with E-state index in [-0.39, 0.29) is 11.7 Å². The monoisotopic (exact) mass is 295 g/mol. The maximum absolute atomic E-state index is 13.2. The number of nitrogens with one attached hydrogen (secondary N) is 1. The Morgan fingerprint density at radius 1 is 1.09 bits per heavy atom. The molecule has 0 saturated carbocycles. The van der Waals surface area contributed by atoms with Gasteiger partial charge in [-0.3, -0.25) is 5.43 Å². The van der Waals surface area contributed by atoms with Crippen molar-refractivity contribution >= 4 is 22.9 Å². The molecule has 1 aliphatic heterocycles. The third-order valence-electron chi connectivity index (χ3n) is 3.14. The van der Waals surface area contributed by atoms with E-state index in [9.17, 15) is 4.39 Å². The highest BCUT2D eigenvalue weighted by atomic mass is 19.1. The number of aryl methyl sites for hydroxylation is 1. The van der Waals surface area contributed by atoms with Crippen LogP contribution in [-0.4, -0.2) is 17.3 Å². The molecule has 0 aromatic heterocycles. The molecule has 3 N–H and O–H groups in total. The van der Waals surface area contributed by atoms with Gasteiger partial charge in [-0.1, -0.05) is 29.8 Å². The molecule has 0 aliphatic carbocycles. The first kappa shape index (κ1) is 13.9. The summed E-state index contributed by atoms with van der Waals surface area (Å²) >= 11 is 0. The Hall–Kier alpha value is -3.02. The molecule has 0 unspecified atom stereocenters. The fourth-order valence-corrected chi connectivity index (χ4v) is 2.10. The normalized spacial score (nSPS) is 15.6. The zero-order valence-electron chi connectivity index (χ0n) is 11.9. The average Bonchev–Trinajstić information content (AvgIpc) is 2.86. The Morgan fingerprint density at radius 2 is 1.91 bits per heavy atom.